The molecule has 5 aromatic rings. The fourth-order valence-corrected chi connectivity index (χ4v) is 12.9. The average molecular weight is 1160 g/mol. The molecule has 0 bridgehead atoms. The highest BCUT2D eigenvalue weighted by molar-refractivity contribution is 7.66. The van der Waals surface area contributed by atoms with Gasteiger partial charge in [-0.3, -0.25) is 47.1 Å². The lowest BCUT2D eigenvalue weighted by Crippen LogP contribution is -2.39. The molecule has 0 aliphatic carbocycles. The van der Waals surface area contributed by atoms with Gasteiger partial charge in [-0.25, -0.2) is 38.0 Å². The third kappa shape index (κ3) is 12.1. The van der Waals surface area contributed by atoms with Crippen LogP contribution in [-0.2, 0) is 75.8 Å². The summed E-state index contributed by atoms with van der Waals surface area (Å²) in [6.07, 6.45) is -14.7. The van der Waals surface area contributed by atoms with E-state index in [1.54, 1.807) is 0 Å². The fraction of sp³-hybridized carbons (Fsp3) is 0.559. The number of aryl methyl sites for hydroxylation is 1. The lowest BCUT2D eigenvalue weighted by Gasteiger charge is -2.31. The van der Waals surface area contributed by atoms with E-state index in [1.807, 2.05) is 4.98 Å². The normalized spacial score (nSPS) is 30.0. The second-order valence-corrected chi connectivity index (χ2v) is 22.7. The largest absolute Gasteiger partial charge is 0.756 e. The molecule has 6 unspecified atom stereocenters. The highest BCUT2D eigenvalue weighted by Crippen LogP contribution is 2.68. The molecule has 5 aromatic heterocycles. The van der Waals surface area contributed by atoms with E-state index in [0.717, 1.165) is 36.6 Å². The Morgan fingerprint density at radius 1 is 0.816 bits per heavy atom. The first-order chi connectivity index (χ1) is 35.6. The molecular weight excluding hydrogens is 1110 g/mol. The van der Waals surface area contributed by atoms with Crippen LogP contribution in [0.2, 0.25) is 0 Å². The number of nitrogens with zero attached hydrogens (tertiary/aromatic N) is 8. The minimum absolute atomic E-state index is 0.0158. The van der Waals surface area contributed by atoms with E-state index in [0.29, 0.717) is 4.57 Å². The van der Waals surface area contributed by atoms with Gasteiger partial charge in [0, 0.05) is 38.8 Å². The molecule has 0 aromatic carbocycles. The summed E-state index contributed by atoms with van der Waals surface area (Å²) in [5.74, 6) is -2.31. The molecule has 1 amide bonds. The summed E-state index contributed by atoms with van der Waals surface area (Å²) >= 11 is 0. The third-order valence-corrected chi connectivity index (χ3v) is 17.1. The van der Waals surface area contributed by atoms with Crippen LogP contribution in [0.1, 0.15) is 25.1 Å². The molecule has 76 heavy (non-hydrogen) atoms. The number of aromatic amines is 2. The molecule has 0 saturated carbocycles. The van der Waals surface area contributed by atoms with Gasteiger partial charge < -0.3 is 79.7 Å². The summed E-state index contributed by atoms with van der Waals surface area (Å²) in [7, 11) is -20.0. The monoisotopic (exact) mass is 1160 g/mol. The molecule has 8 heterocycles. The van der Waals surface area contributed by atoms with E-state index < -0.39 is 154 Å². The van der Waals surface area contributed by atoms with Crippen LogP contribution in [0.25, 0.3) is 22.3 Å². The molecule has 13 N–H and O–H groups in total. The van der Waals surface area contributed by atoms with Crippen LogP contribution in [-0.4, -0.2) is 162 Å². The first-order valence-corrected chi connectivity index (χ1v) is 27.6. The molecule has 3 aliphatic heterocycles. The number of anilines is 2. The first kappa shape index (κ1) is 57.1. The van der Waals surface area contributed by atoms with Crippen LogP contribution >= 0.6 is 31.3 Å². The SMILES string of the molecule is CNC(=O)C[C@@H]1[C@@H](COP(=O)(O)OP(=O)(O)OP(=O)(O)OCC2O[C@@H](n3cnc4c(N)ncnc43)[C@H](OC)[C@@H]2OP(=O)([O-])OC[C@H]2O[C@@H](n3ccc(=O)[nH]c3=O)[C@H](O)[C@@H]2O)OC(n2c[n+](C)c3c(=O)[nH]c(N)nc32)[C@@H]1O. The van der Waals surface area contributed by atoms with Crippen LogP contribution in [0.15, 0.2) is 45.6 Å². The summed E-state index contributed by atoms with van der Waals surface area (Å²) in [6.45, 7) is -3.46. The summed E-state index contributed by atoms with van der Waals surface area (Å²) < 4.78 is 109. The van der Waals surface area contributed by atoms with E-state index in [9.17, 15) is 72.3 Å². The molecule has 418 valence electrons. The number of carbonyl (C=O) groups is 1. The number of fused-ring (bicyclic) bond motifs is 2. The van der Waals surface area contributed by atoms with Gasteiger partial charge in [-0.15, -0.1) is 0 Å². The number of aromatic nitrogens is 10. The minimum atomic E-state index is -6.24. The van der Waals surface area contributed by atoms with Gasteiger partial charge in [0.15, 0.2) is 23.9 Å². The first-order valence-electron chi connectivity index (χ1n) is 21.7. The van der Waals surface area contributed by atoms with Crippen molar-refractivity contribution >= 4 is 71.3 Å². The van der Waals surface area contributed by atoms with Crippen molar-refractivity contribution in [2.75, 3.05) is 45.4 Å². The smallest absolute Gasteiger partial charge is 0.490 e. The van der Waals surface area contributed by atoms with Crippen molar-refractivity contribution in [2.24, 2.45) is 13.0 Å². The number of hydrogen-bond acceptors (Lipinski definition) is 28. The Bertz CT molecular complexity index is 3370. The van der Waals surface area contributed by atoms with E-state index in [-0.39, 0.29) is 34.1 Å². The van der Waals surface area contributed by atoms with Crippen molar-refractivity contribution in [2.45, 2.75) is 73.9 Å². The van der Waals surface area contributed by atoms with Crippen molar-refractivity contribution in [3.63, 3.8) is 0 Å². The van der Waals surface area contributed by atoms with E-state index in [1.165, 1.54) is 29.6 Å². The minimum Gasteiger partial charge on any atom is -0.756 e. The van der Waals surface area contributed by atoms with E-state index in [2.05, 4.69) is 38.9 Å². The third-order valence-electron chi connectivity index (χ3n) is 11.8. The zero-order valence-corrected chi connectivity index (χ0v) is 42.7. The molecule has 38 nitrogen and oxygen atoms in total. The molecular formula is C34H47N13O25P4. The molecule has 3 aliphatic rings. The number of H-pyrrole nitrogens is 2. The molecule has 16 atom stereocenters. The molecule has 42 heteroatoms. The molecule has 0 radical (unpaired) electrons. The number of rotatable bonds is 21. The van der Waals surface area contributed by atoms with Crippen LogP contribution in [0, 0.1) is 5.92 Å². The van der Waals surface area contributed by atoms with Gasteiger partial charge >= 0.3 is 34.7 Å². The zero-order valence-electron chi connectivity index (χ0n) is 39.1. The maximum Gasteiger partial charge on any atom is 0.490 e. The Kier molecular flexibility index (Phi) is 16.5. The number of phosphoric ester groups is 3. The van der Waals surface area contributed by atoms with Crippen LogP contribution < -0.4 is 43.1 Å². The number of carbonyl (C=O) groups excluding carboxylic acids is 1. The van der Waals surface area contributed by atoms with Gasteiger partial charge in [0.05, 0.1) is 39.3 Å². The number of ether oxygens (including phenoxy) is 4. The molecule has 8 rings (SSSR count). The number of imidazole rings is 2. The summed E-state index contributed by atoms with van der Waals surface area (Å²) in [5, 5.41) is 34.9. The summed E-state index contributed by atoms with van der Waals surface area (Å²) in [5.41, 5.74) is 9.04. The van der Waals surface area contributed by atoms with Gasteiger partial charge in [0.25, 0.3) is 24.5 Å². The number of aliphatic hydroxyl groups excluding tert-OH is 3. The number of hydrogen-bond donors (Lipinski definition) is 11. The van der Waals surface area contributed by atoms with Gasteiger partial charge in [0.2, 0.25) is 24.4 Å². The Labute approximate surface area is 422 Å². The Hall–Kier alpha value is -5.11. The predicted molar refractivity (Wildman–Crippen MR) is 242 cm³/mol. The van der Waals surface area contributed by atoms with Crippen LogP contribution in [0.5, 0.6) is 0 Å². The quantitative estimate of drug-likeness (QED) is 0.0242. The zero-order chi connectivity index (χ0) is 55.4. The van der Waals surface area contributed by atoms with Crippen LogP contribution in [0.4, 0.5) is 11.8 Å². The molecule has 3 fully saturated rings. The Morgan fingerprint density at radius 3 is 2.11 bits per heavy atom. The van der Waals surface area contributed by atoms with Gasteiger partial charge in [0.1, 0.15) is 54.6 Å². The second kappa shape index (κ2) is 22.0. The number of methoxy groups -OCH3 is 1. The van der Waals surface area contributed by atoms with Crippen LogP contribution in [0.3, 0.4) is 0 Å². The Balaban J connectivity index is 0.948. The lowest BCUT2D eigenvalue weighted by atomic mass is 9.94. The number of nitrogens with one attached hydrogen (secondary N) is 3. The second-order valence-electron chi connectivity index (χ2n) is 16.7. The number of aliphatic hydroxyl groups is 3. The molecule has 3 saturated heterocycles. The van der Waals surface area contributed by atoms with Crippen molar-refractivity contribution in [3.05, 3.63) is 62.4 Å². The van der Waals surface area contributed by atoms with Gasteiger partial charge in [-0.05, 0) is 0 Å². The van der Waals surface area contributed by atoms with Crippen molar-refractivity contribution < 1.29 is 108 Å². The summed E-state index contributed by atoms with van der Waals surface area (Å²) in [6, 6.07) is 0.910. The van der Waals surface area contributed by atoms with Gasteiger partial charge in [-0.1, -0.05) is 0 Å². The maximum atomic E-state index is 13.5. The average Bonchev–Trinajstić information content (AvgIpc) is 4.16. The number of nitrogens with two attached hydrogens (primary N) is 2. The number of nitrogen functional groups attached to an aromatic ring is 2. The highest BCUT2D eigenvalue weighted by Gasteiger charge is 2.53. The highest BCUT2D eigenvalue weighted by atomic mass is 31.3. The predicted octanol–water partition coefficient (Wildman–Crippen LogP) is -5.12. The van der Waals surface area contributed by atoms with E-state index in [4.69, 9.17) is 48.5 Å². The standard InChI is InChI=1S/C34H47N13O25P4/c1-37-18(49)6-13-14(67-30(21(13)50)47-12-44(2)20-28(47)42-33(36)43-29(20)53)7-65-74(57,58)71-76(61,62)72-75(59,60)66-9-16-24(25(63-3)32(69-16)46-11-40-19-26(35)38-10-39-27(19)46)70-73(55,56)64-8-15-22(51)23(52)31(68-15)45-5-4-17(48)41-34(45)54/h4-5,10-16,21-25,30-32,50-52H,6-9H2,1-3H3,(H10-,35,36,37,38,39,41,42,43,48,49,53,54,55,56,57,58,59,60,61,62)/t13-,14-,15-,16?,21-,22-,23-,24-,25-,30?,31-,32-/m1/s1. The van der Waals surface area contributed by atoms with Crippen molar-refractivity contribution in [1.29, 1.82) is 0 Å². The molecule has 0 spiro atoms. The number of amides is 1. The fourth-order valence-electron chi connectivity index (χ4n) is 8.44. The van der Waals surface area contributed by atoms with Crippen molar-refractivity contribution in [3.8, 4) is 0 Å². The lowest BCUT2D eigenvalue weighted by molar-refractivity contribution is -0.646. The van der Waals surface area contributed by atoms with Gasteiger partial charge in [-0.2, -0.15) is 18.2 Å². The number of phosphoric acid groups is 4. The summed E-state index contributed by atoms with van der Waals surface area (Å²) in [4.78, 5) is 114. The maximum absolute atomic E-state index is 13.5. The van der Waals surface area contributed by atoms with Crippen molar-refractivity contribution in [1.82, 2.24) is 48.9 Å². The Morgan fingerprint density at radius 2 is 1.45 bits per heavy atom. The van der Waals surface area contributed by atoms with E-state index >= 15 is 0 Å². The topological polar surface area (TPSA) is 539 Å².